The Morgan fingerprint density at radius 3 is 2.47 bits per heavy atom. The van der Waals surface area contributed by atoms with Crippen molar-refractivity contribution in [3.05, 3.63) is 46.1 Å². The molecule has 0 aliphatic heterocycles. The molecule has 0 saturated heterocycles. The third-order valence-corrected chi connectivity index (χ3v) is 3.24. The SMILES string of the molecule is NC(Cc1ccc(-c2c(Cl)cccc2Cl)o1)C(=O)O. The highest BCUT2D eigenvalue weighted by atomic mass is 35.5. The van der Waals surface area contributed by atoms with Gasteiger partial charge >= 0.3 is 5.97 Å². The van der Waals surface area contributed by atoms with Gasteiger partial charge in [0.2, 0.25) is 0 Å². The van der Waals surface area contributed by atoms with E-state index in [1.807, 2.05) is 0 Å². The minimum Gasteiger partial charge on any atom is -0.480 e. The molecule has 1 heterocycles. The molecule has 4 nitrogen and oxygen atoms in total. The first-order valence-corrected chi connectivity index (χ1v) is 6.26. The van der Waals surface area contributed by atoms with E-state index in [-0.39, 0.29) is 6.42 Å². The van der Waals surface area contributed by atoms with Crippen LogP contribution in [0.5, 0.6) is 0 Å². The lowest BCUT2D eigenvalue weighted by Gasteiger charge is -2.05. The van der Waals surface area contributed by atoms with Gasteiger partial charge in [0.15, 0.2) is 0 Å². The van der Waals surface area contributed by atoms with Crippen LogP contribution < -0.4 is 5.73 Å². The summed E-state index contributed by atoms with van der Waals surface area (Å²) < 4.78 is 5.54. The molecular formula is C13H11Cl2NO3. The third-order valence-electron chi connectivity index (χ3n) is 2.61. The largest absolute Gasteiger partial charge is 0.480 e. The first kappa shape index (κ1) is 13.9. The van der Waals surface area contributed by atoms with Crippen LogP contribution in [0.4, 0.5) is 0 Å². The molecule has 0 spiro atoms. The highest BCUT2D eigenvalue weighted by molar-refractivity contribution is 6.39. The van der Waals surface area contributed by atoms with Crippen LogP contribution >= 0.6 is 23.2 Å². The fraction of sp³-hybridized carbons (Fsp3) is 0.154. The zero-order valence-corrected chi connectivity index (χ0v) is 11.3. The van der Waals surface area contributed by atoms with E-state index >= 15 is 0 Å². The second-order valence-electron chi connectivity index (χ2n) is 4.01. The summed E-state index contributed by atoms with van der Waals surface area (Å²) in [5.41, 5.74) is 6.03. The Labute approximate surface area is 119 Å². The Morgan fingerprint density at radius 2 is 1.89 bits per heavy atom. The van der Waals surface area contributed by atoms with Crippen molar-refractivity contribution in [1.29, 1.82) is 0 Å². The lowest BCUT2D eigenvalue weighted by molar-refractivity contribution is -0.138. The number of carboxylic acids is 1. The summed E-state index contributed by atoms with van der Waals surface area (Å²) in [7, 11) is 0. The number of halogens is 2. The maximum atomic E-state index is 10.7. The molecule has 1 aromatic carbocycles. The maximum absolute atomic E-state index is 10.7. The molecule has 2 rings (SSSR count). The minimum atomic E-state index is -1.08. The number of carboxylic acid groups (broad SMARTS) is 1. The Hall–Kier alpha value is -1.49. The van der Waals surface area contributed by atoms with Crippen molar-refractivity contribution in [3.63, 3.8) is 0 Å². The number of carbonyl (C=O) groups is 1. The summed E-state index contributed by atoms with van der Waals surface area (Å²) in [6.45, 7) is 0. The molecule has 0 aliphatic rings. The zero-order chi connectivity index (χ0) is 14.0. The van der Waals surface area contributed by atoms with Gasteiger partial charge in [-0.25, -0.2) is 0 Å². The average Bonchev–Trinajstić information content (AvgIpc) is 2.77. The average molecular weight is 300 g/mol. The molecule has 1 unspecified atom stereocenters. The Bertz CT molecular complexity index is 589. The van der Waals surface area contributed by atoms with E-state index in [1.54, 1.807) is 30.3 Å². The van der Waals surface area contributed by atoms with Gasteiger partial charge in [-0.3, -0.25) is 4.79 Å². The van der Waals surface area contributed by atoms with Crippen molar-refractivity contribution in [2.45, 2.75) is 12.5 Å². The van der Waals surface area contributed by atoms with Crippen molar-refractivity contribution in [2.24, 2.45) is 5.73 Å². The number of hydrogen-bond acceptors (Lipinski definition) is 3. The van der Waals surface area contributed by atoms with Crippen LogP contribution in [0.1, 0.15) is 5.76 Å². The molecule has 0 saturated carbocycles. The van der Waals surface area contributed by atoms with E-state index in [0.29, 0.717) is 27.1 Å². The molecule has 0 amide bonds. The molecule has 100 valence electrons. The molecule has 3 N–H and O–H groups in total. The summed E-state index contributed by atoms with van der Waals surface area (Å²) in [6, 6.07) is 7.50. The summed E-state index contributed by atoms with van der Waals surface area (Å²) in [5, 5.41) is 9.68. The fourth-order valence-electron chi connectivity index (χ4n) is 1.66. The van der Waals surface area contributed by atoms with Crippen LogP contribution in [-0.2, 0) is 11.2 Å². The van der Waals surface area contributed by atoms with Crippen LogP contribution in [0.15, 0.2) is 34.7 Å². The summed E-state index contributed by atoms with van der Waals surface area (Å²) in [6.07, 6.45) is 0.109. The predicted octanol–water partition coefficient (Wildman–Crippen LogP) is 3.21. The second-order valence-corrected chi connectivity index (χ2v) is 4.83. The number of aliphatic carboxylic acids is 1. The van der Waals surface area contributed by atoms with Crippen LogP contribution in [0.2, 0.25) is 10.0 Å². The fourth-order valence-corrected chi connectivity index (χ4v) is 2.24. The first-order chi connectivity index (χ1) is 8.99. The van der Waals surface area contributed by atoms with Gasteiger partial charge < -0.3 is 15.3 Å². The normalized spacial score (nSPS) is 12.4. The summed E-state index contributed by atoms with van der Waals surface area (Å²) in [4.78, 5) is 10.7. The molecule has 1 aromatic heterocycles. The smallest absolute Gasteiger partial charge is 0.320 e. The molecule has 2 aromatic rings. The Kier molecular flexibility index (Phi) is 4.14. The van der Waals surface area contributed by atoms with Crippen LogP contribution in [0.3, 0.4) is 0 Å². The van der Waals surface area contributed by atoms with Crippen molar-refractivity contribution in [1.82, 2.24) is 0 Å². The summed E-state index contributed by atoms with van der Waals surface area (Å²) >= 11 is 12.1. The highest BCUT2D eigenvalue weighted by Gasteiger charge is 2.17. The molecule has 0 fully saturated rings. The third kappa shape index (κ3) is 3.10. The van der Waals surface area contributed by atoms with Gasteiger partial charge in [-0.05, 0) is 24.3 Å². The first-order valence-electron chi connectivity index (χ1n) is 5.50. The topological polar surface area (TPSA) is 76.5 Å². The maximum Gasteiger partial charge on any atom is 0.320 e. The van der Waals surface area contributed by atoms with Gasteiger partial charge in [-0.1, -0.05) is 29.3 Å². The number of rotatable bonds is 4. The number of nitrogens with two attached hydrogens (primary N) is 1. The van der Waals surface area contributed by atoms with Crippen LogP contribution in [0, 0.1) is 0 Å². The van der Waals surface area contributed by atoms with Gasteiger partial charge in [0.05, 0.1) is 15.6 Å². The van der Waals surface area contributed by atoms with E-state index in [2.05, 4.69) is 0 Å². The molecule has 19 heavy (non-hydrogen) atoms. The number of furan rings is 1. The number of hydrogen-bond donors (Lipinski definition) is 2. The van der Waals surface area contributed by atoms with Gasteiger partial charge in [0, 0.05) is 6.42 Å². The van der Waals surface area contributed by atoms with Gasteiger partial charge in [-0.2, -0.15) is 0 Å². The molecule has 0 bridgehead atoms. The van der Waals surface area contributed by atoms with Crippen molar-refractivity contribution < 1.29 is 14.3 Å². The molecule has 6 heteroatoms. The molecular weight excluding hydrogens is 289 g/mol. The Morgan fingerprint density at radius 1 is 1.26 bits per heavy atom. The van der Waals surface area contributed by atoms with E-state index < -0.39 is 12.0 Å². The standard InChI is InChI=1S/C13H11Cl2NO3/c14-8-2-1-3-9(15)12(8)11-5-4-7(19-11)6-10(16)13(17)18/h1-5,10H,6,16H2,(H,17,18). The predicted molar refractivity (Wildman–Crippen MR) is 73.5 cm³/mol. The lowest BCUT2D eigenvalue weighted by atomic mass is 10.1. The van der Waals surface area contributed by atoms with E-state index in [4.69, 9.17) is 38.5 Å². The molecule has 0 aliphatic carbocycles. The van der Waals surface area contributed by atoms with Crippen LogP contribution in [0.25, 0.3) is 11.3 Å². The van der Waals surface area contributed by atoms with Crippen LogP contribution in [-0.4, -0.2) is 17.1 Å². The van der Waals surface area contributed by atoms with Gasteiger partial charge in [0.25, 0.3) is 0 Å². The van der Waals surface area contributed by atoms with Crippen molar-refractivity contribution in [3.8, 4) is 11.3 Å². The molecule has 0 radical (unpaired) electrons. The quantitative estimate of drug-likeness (QED) is 0.909. The van der Waals surface area contributed by atoms with E-state index in [0.717, 1.165) is 0 Å². The van der Waals surface area contributed by atoms with Gasteiger partial charge in [-0.15, -0.1) is 0 Å². The number of benzene rings is 1. The minimum absolute atomic E-state index is 0.109. The monoisotopic (exact) mass is 299 g/mol. The Balaban J connectivity index is 2.29. The molecule has 1 atom stereocenters. The lowest BCUT2D eigenvalue weighted by Crippen LogP contribution is -2.32. The van der Waals surface area contributed by atoms with Crippen molar-refractivity contribution >= 4 is 29.2 Å². The highest BCUT2D eigenvalue weighted by Crippen LogP contribution is 2.35. The zero-order valence-electron chi connectivity index (χ0n) is 9.77. The second kappa shape index (κ2) is 5.65. The van der Waals surface area contributed by atoms with E-state index in [1.165, 1.54) is 0 Å². The van der Waals surface area contributed by atoms with Crippen molar-refractivity contribution in [2.75, 3.05) is 0 Å². The van der Waals surface area contributed by atoms with Gasteiger partial charge in [0.1, 0.15) is 17.6 Å². The summed E-state index contributed by atoms with van der Waals surface area (Å²) in [5.74, 6) is -0.113. The van der Waals surface area contributed by atoms with E-state index in [9.17, 15) is 4.79 Å².